The van der Waals surface area contributed by atoms with Crippen LogP contribution in [0, 0.1) is 11.8 Å². The second kappa shape index (κ2) is 8.28. The van der Waals surface area contributed by atoms with Gasteiger partial charge in [0.15, 0.2) is 0 Å². The fourth-order valence-corrected chi connectivity index (χ4v) is 6.16. The molecule has 0 spiro atoms. The minimum Gasteiger partial charge on any atom is -0.480 e. The van der Waals surface area contributed by atoms with E-state index in [1.54, 1.807) is 0 Å². The summed E-state index contributed by atoms with van der Waals surface area (Å²) in [4.78, 5) is 38.6. The van der Waals surface area contributed by atoms with Crippen molar-refractivity contribution >= 4 is 62.5 Å². The van der Waals surface area contributed by atoms with Crippen molar-refractivity contribution in [1.29, 1.82) is 0 Å². The van der Waals surface area contributed by atoms with E-state index < -0.39 is 12.5 Å². The molecule has 1 aliphatic carbocycles. The summed E-state index contributed by atoms with van der Waals surface area (Å²) in [6, 6.07) is 0. The van der Waals surface area contributed by atoms with E-state index in [4.69, 9.17) is 12.2 Å². The normalized spacial score (nSPS) is 26.1. The minimum atomic E-state index is -1.11. The van der Waals surface area contributed by atoms with Gasteiger partial charge in [-0.25, -0.2) is 0 Å². The Kier molecular flexibility index (Phi) is 6.22. The molecule has 0 atom stereocenters. The quantitative estimate of drug-likeness (QED) is 0.737. The van der Waals surface area contributed by atoms with Gasteiger partial charge in [-0.3, -0.25) is 23.9 Å². The van der Waals surface area contributed by atoms with Gasteiger partial charge in [-0.1, -0.05) is 49.8 Å². The molecule has 6 nitrogen and oxygen atoms in total. The molecule has 0 bridgehead atoms. The number of aromatic nitrogens is 1. The number of carbonyl (C=O) groups excluding carboxylic acids is 1. The molecular weight excluding hydrogens is 404 g/mol. The predicted molar refractivity (Wildman–Crippen MR) is 112 cm³/mol. The van der Waals surface area contributed by atoms with Crippen LogP contribution in [0.5, 0.6) is 0 Å². The largest absolute Gasteiger partial charge is 0.480 e. The Labute approximate surface area is 170 Å². The summed E-state index contributed by atoms with van der Waals surface area (Å²) in [5, 5.41) is 9.23. The molecule has 9 heteroatoms. The first-order chi connectivity index (χ1) is 12.8. The lowest BCUT2D eigenvalue weighted by molar-refractivity contribution is -0.137. The number of thiocarbonyl (C=S) groups is 1. The number of carboxylic acid groups (broad SMARTS) is 1. The highest BCUT2D eigenvalue weighted by atomic mass is 32.2. The van der Waals surface area contributed by atoms with Crippen LogP contribution in [0.25, 0.3) is 11.0 Å². The monoisotopic (exact) mass is 426 g/mol. The van der Waals surface area contributed by atoms with Gasteiger partial charge in [-0.15, -0.1) is 11.3 Å². The smallest absolute Gasteiger partial charge is 0.323 e. The summed E-state index contributed by atoms with van der Waals surface area (Å²) in [6.45, 7) is 4.05. The molecule has 2 fully saturated rings. The molecule has 3 rings (SSSR count). The predicted octanol–water partition coefficient (Wildman–Crippen LogP) is 1.59. The number of thioether (sulfide) groups is 1. The van der Waals surface area contributed by atoms with Crippen LogP contribution in [0.1, 0.15) is 39.5 Å². The Morgan fingerprint density at radius 1 is 1.30 bits per heavy atom. The Bertz CT molecular complexity index is 954. The van der Waals surface area contributed by atoms with Gasteiger partial charge in [0.1, 0.15) is 20.4 Å². The van der Waals surface area contributed by atoms with E-state index in [2.05, 4.69) is 6.92 Å². The molecule has 0 aromatic carbocycles. The Hall–Kier alpha value is -1.45. The third kappa shape index (κ3) is 4.20. The fraction of sp³-hybridized carbons (Fsp3) is 0.556. The van der Waals surface area contributed by atoms with Crippen molar-refractivity contribution in [2.24, 2.45) is 11.8 Å². The lowest BCUT2D eigenvalue weighted by Gasteiger charge is -2.23. The van der Waals surface area contributed by atoms with Gasteiger partial charge in [0.05, 0.1) is 4.53 Å². The lowest BCUT2D eigenvalue weighted by Crippen LogP contribution is -2.36. The molecule has 1 N–H and O–H groups in total. The standard InChI is InChI=1S/C18H22N2O4S3/c1-3-19-16(24)14(27-18(19)25)17-20(9-13(21)22)15(23)12(26-17)8-11-6-4-10(2)5-7-11/h8,10-11H,3-7,9H2,1-2H3,(H,21,22)/b12-8?,17-14+. The van der Waals surface area contributed by atoms with Crippen LogP contribution >= 0.6 is 35.3 Å². The average Bonchev–Trinajstić information content (AvgIpc) is 3.06. The highest BCUT2D eigenvalue weighted by molar-refractivity contribution is 8.30. The SMILES string of the molecule is CCN1C(=O)/C(=c2\sc(=CC3CCC(C)CC3)c(=O)n2CC(=O)O)SC1=S. The Morgan fingerprint density at radius 3 is 2.52 bits per heavy atom. The Morgan fingerprint density at radius 2 is 1.96 bits per heavy atom. The van der Waals surface area contributed by atoms with Gasteiger partial charge in [-0.2, -0.15) is 0 Å². The summed E-state index contributed by atoms with van der Waals surface area (Å²) in [7, 11) is 0. The van der Waals surface area contributed by atoms with Crippen molar-refractivity contribution in [3.05, 3.63) is 19.5 Å². The molecule has 1 saturated carbocycles. The molecule has 146 valence electrons. The maximum absolute atomic E-state index is 12.9. The Balaban J connectivity index is 2.13. The summed E-state index contributed by atoms with van der Waals surface area (Å²) in [6.07, 6.45) is 6.30. The molecule has 27 heavy (non-hydrogen) atoms. The molecular formula is C18H22N2O4S3. The first-order valence-electron chi connectivity index (χ1n) is 9.03. The minimum absolute atomic E-state index is 0.258. The van der Waals surface area contributed by atoms with Gasteiger partial charge in [0.2, 0.25) is 0 Å². The number of hydrogen-bond donors (Lipinski definition) is 1. The summed E-state index contributed by atoms with van der Waals surface area (Å²) < 4.78 is 2.55. The molecule has 0 radical (unpaired) electrons. The molecule has 1 amide bonds. The maximum atomic E-state index is 12.9. The number of aliphatic carboxylic acids is 1. The summed E-state index contributed by atoms with van der Waals surface area (Å²) in [5.74, 6) is -0.337. The van der Waals surface area contributed by atoms with Crippen molar-refractivity contribution in [2.45, 2.75) is 46.1 Å². The van der Waals surface area contributed by atoms with Gasteiger partial charge >= 0.3 is 5.97 Å². The second-order valence-electron chi connectivity index (χ2n) is 6.99. The van der Waals surface area contributed by atoms with Gasteiger partial charge in [0.25, 0.3) is 11.5 Å². The van der Waals surface area contributed by atoms with E-state index in [1.165, 1.54) is 20.8 Å². The number of carboxylic acids is 1. The highest BCUT2D eigenvalue weighted by Crippen LogP contribution is 2.31. The molecule has 1 saturated heterocycles. The van der Waals surface area contributed by atoms with Crippen molar-refractivity contribution in [2.75, 3.05) is 6.54 Å². The zero-order valence-corrected chi connectivity index (χ0v) is 17.7. The van der Waals surface area contributed by atoms with Gasteiger partial charge < -0.3 is 5.11 Å². The van der Waals surface area contributed by atoms with Crippen LogP contribution in [0.3, 0.4) is 0 Å². The molecule has 2 heterocycles. The van der Waals surface area contributed by atoms with Crippen LogP contribution in [-0.4, -0.2) is 37.3 Å². The number of carbonyl (C=O) groups is 2. The van der Waals surface area contributed by atoms with E-state index in [9.17, 15) is 19.5 Å². The van der Waals surface area contributed by atoms with Crippen LogP contribution in [0.4, 0.5) is 0 Å². The molecule has 0 unspecified atom stereocenters. The topological polar surface area (TPSA) is 79.6 Å². The fourth-order valence-electron chi connectivity index (χ4n) is 3.45. The third-order valence-corrected chi connectivity index (χ3v) is 7.72. The van der Waals surface area contributed by atoms with Crippen molar-refractivity contribution in [1.82, 2.24) is 9.47 Å². The average molecular weight is 427 g/mol. The number of rotatable bonds is 4. The van der Waals surface area contributed by atoms with Gasteiger partial charge in [-0.05, 0) is 31.6 Å². The van der Waals surface area contributed by atoms with Crippen LogP contribution < -0.4 is 14.8 Å². The molecule has 1 aromatic heterocycles. The first-order valence-corrected chi connectivity index (χ1v) is 11.1. The first kappa shape index (κ1) is 20.3. The van der Waals surface area contributed by atoms with E-state index in [0.29, 0.717) is 36.8 Å². The molecule has 2 aliphatic rings. The van der Waals surface area contributed by atoms with Crippen molar-refractivity contribution in [3.8, 4) is 0 Å². The zero-order chi connectivity index (χ0) is 19.7. The zero-order valence-electron chi connectivity index (χ0n) is 15.3. The molecule has 1 aliphatic heterocycles. The summed E-state index contributed by atoms with van der Waals surface area (Å²) >= 11 is 7.59. The van der Waals surface area contributed by atoms with E-state index in [0.717, 1.165) is 37.4 Å². The van der Waals surface area contributed by atoms with E-state index in [1.807, 2.05) is 13.0 Å². The van der Waals surface area contributed by atoms with E-state index in [-0.39, 0.29) is 11.5 Å². The van der Waals surface area contributed by atoms with Crippen LogP contribution in [0.2, 0.25) is 0 Å². The maximum Gasteiger partial charge on any atom is 0.323 e. The van der Waals surface area contributed by atoms with Crippen molar-refractivity contribution in [3.63, 3.8) is 0 Å². The molecule has 1 aromatic rings. The number of nitrogens with zero attached hydrogens (tertiary/aromatic N) is 2. The van der Waals surface area contributed by atoms with Gasteiger partial charge in [0, 0.05) is 6.54 Å². The van der Waals surface area contributed by atoms with E-state index >= 15 is 0 Å². The van der Waals surface area contributed by atoms with Crippen LogP contribution in [0.15, 0.2) is 4.79 Å². The van der Waals surface area contributed by atoms with Crippen LogP contribution in [-0.2, 0) is 16.1 Å². The summed E-state index contributed by atoms with van der Waals surface area (Å²) in [5.41, 5.74) is -0.335. The number of thiazole rings is 1. The lowest BCUT2D eigenvalue weighted by atomic mass is 9.83. The number of amides is 1. The number of hydrogen-bond acceptors (Lipinski definition) is 6. The third-order valence-electron chi connectivity index (χ3n) is 5.01. The van der Waals surface area contributed by atoms with Crippen molar-refractivity contribution < 1.29 is 14.7 Å². The highest BCUT2D eigenvalue weighted by Gasteiger charge is 2.33. The second-order valence-corrected chi connectivity index (χ2v) is 9.66.